The molecule has 2 aromatic carbocycles. The number of hydrogen-bond acceptors (Lipinski definition) is 9. The molecule has 0 spiro atoms. The molecule has 212 valence electrons. The number of aliphatic hydroxyl groups excluding tert-OH is 1. The fourth-order valence-corrected chi connectivity index (χ4v) is 4.70. The summed E-state index contributed by atoms with van der Waals surface area (Å²) in [6.07, 6.45) is 2.97. The predicted octanol–water partition coefficient (Wildman–Crippen LogP) is 3.01. The van der Waals surface area contributed by atoms with Gasteiger partial charge in [0.25, 0.3) is 5.91 Å². The zero-order valence-corrected chi connectivity index (χ0v) is 23.1. The van der Waals surface area contributed by atoms with Crippen molar-refractivity contribution in [3.8, 4) is 17.0 Å². The molecule has 3 N–H and O–H groups in total. The van der Waals surface area contributed by atoms with Crippen LogP contribution in [0.1, 0.15) is 34.5 Å². The maximum atomic E-state index is 14.0. The number of fused-ring (bicyclic) bond motifs is 1. The van der Waals surface area contributed by atoms with Gasteiger partial charge in [0, 0.05) is 30.8 Å². The Morgan fingerprint density at radius 3 is 2.76 bits per heavy atom. The van der Waals surface area contributed by atoms with Crippen molar-refractivity contribution < 1.29 is 23.8 Å². The fraction of sp³-hybridized carbons (Fsp3) is 0.259. The second-order valence-corrected chi connectivity index (χ2v) is 9.79. The van der Waals surface area contributed by atoms with Gasteiger partial charge in [-0.15, -0.1) is 5.10 Å². The Balaban J connectivity index is 1.33. The van der Waals surface area contributed by atoms with Crippen LogP contribution >= 0.6 is 11.6 Å². The van der Waals surface area contributed by atoms with Crippen LogP contribution in [0, 0.1) is 5.82 Å². The molecule has 0 saturated carbocycles. The van der Waals surface area contributed by atoms with E-state index in [0.29, 0.717) is 28.2 Å². The summed E-state index contributed by atoms with van der Waals surface area (Å²) < 4.78 is 19.1. The number of amides is 2. The van der Waals surface area contributed by atoms with Gasteiger partial charge in [0.1, 0.15) is 17.6 Å². The van der Waals surface area contributed by atoms with Crippen LogP contribution in [0.3, 0.4) is 0 Å². The van der Waals surface area contributed by atoms with Crippen LogP contribution in [0.4, 0.5) is 16.2 Å². The fourth-order valence-electron chi connectivity index (χ4n) is 4.50. The van der Waals surface area contributed by atoms with Gasteiger partial charge in [0.05, 0.1) is 42.9 Å². The maximum Gasteiger partial charge on any atom is 0.255 e. The molecule has 0 fully saturated rings. The lowest BCUT2D eigenvalue weighted by Crippen LogP contribution is -2.46. The molecule has 4 aromatic rings. The number of aromatic nitrogens is 5. The van der Waals surface area contributed by atoms with E-state index in [0.717, 1.165) is 5.56 Å². The summed E-state index contributed by atoms with van der Waals surface area (Å²) in [6, 6.07) is 7.41. The topological polar surface area (TPSA) is 147 Å². The Morgan fingerprint density at radius 1 is 1.24 bits per heavy atom. The smallest absolute Gasteiger partial charge is 0.255 e. The lowest BCUT2D eigenvalue weighted by atomic mass is 10.0. The number of aryl methyl sites for hydroxylation is 1. The SMILES string of the molecule is COc1cc(F)cc([C@@H](CO)NC(=O)[C@@H](C)N2Cc3ccc(-c4nc(Nc5cnn(C)n5)ncc4Cl)cc3C2=O)c1. The van der Waals surface area contributed by atoms with Crippen molar-refractivity contribution >= 4 is 35.2 Å². The molecule has 0 saturated heterocycles. The second kappa shape index (κ2) is 11.5. The van der Waals surface area contributed by atoms with Gasteiger partial charge < -0.3 is 25.4 Å². The second-order valence-electron chi connectivity index (χ2n) is 9.38. The number of aliphatic hydroxyl groups is 1. The number of hydrogen-bond donors (Lipinski definition) is 3. The van der Waals surface area contributed by atoms with Crippen LogP contribution in [-0.2, 0) is 18.4 Å². The Hall–Kier alpha value is -4.62. The van der Waals surface area contributed by atoms with Gasteiger partial charge in [-0.1, -0.05) is 23.7 Å². The minimum Gasteiger partial charge on any atom is -0.497 e. The van der Waals surface area contributed by atoms with Gasteiger partial charge in [0.2, 0.25) is 11.9 Å². The number of benzene rings is 2. The molecule has 5 rings (SSSR count). The molecule has 2 amide bonds. The van der Waals surface area contributed by atoms with E-state index >= 15 is 0 Å². The quantitative estimate of drug-likeness (QED) is 0.272. The Labute approximate surface area is 239 Å². The number of ether oxygens (including phenoxy) is 1. The lowest BCUT2D eigenvalue weighted by Gasteiger charge is -2.26. The van der Waals surface area contributed by atoms with E-state index in [1.54, 1.807) is 32.2 Å². The number of rotatable bonds is 9. The van der Waals surface area contributed by atoms with Crippen molar-refractivity contribution in [2.75, 3.05) is 19.0 Å². The van der Waals surface area contributed by atoms with E-state index in [2.05, 4.69) is 30.8 Å². The molecule has 0 bridgehead atoms. The summed E-state index contributed by atoms with van der Waals surface area (Å²) >= 11 is 6.40. The summed E-state index contributed by atoms with van der Waals surface area (Å²) in [5.41, 5.74) is 2.47. The highest BCUT2D eigenvalue weighted by Gasteiger charge is 2.35. The van der Waals surface area contributed by atoms with E-state index in [1.807, 2.05) is 0 Å². The zero-order valence-electron chi connectivity index (χ0n) is 22.3. The van der Waals surface area contributed by atoms with Gasteiger partial charge in [-0.05, 0) is 36.2 Å². The first-order chi connectivity index (χ1) is 19.7. The van der Waals surface area contributed by atoms with Crippen molar-refractivity contribution in [1.29, 1.82) is 0 Å². The summed E-state index contributed by atoms with van der Waals surface area (Å²) in [5.74, 6) is -0.470. The molecule has 41 heavy (non-hydrogen) atoms. The number of nitrogens with zero attached hydrogens (tertiary/aromatic N) is 6. The van der Waals surface area contributed by atoms with Crippen molar-refractivity contribution in [2.24, 2.45) is 7.05 Å². The molecule has 0 aliphatic carbocycles. The number of methoxy groups -OCH3 is 1. The molecule has 0 unspecified atom stereocenters. The minimum atomic E-state index is -0.897. The van der Waals surface area contributed by atoms with E-state index in [1.165, 1.54) is 47.4 Å². The molecule has 3 heterocycles. The monoisotopic (exact) mass is 580 g/mol. The standard InChI is InChI=1S/C27H26ClFN8O4/c1-14(25(39)32-22(13-38)17-6-18(29)9-19(7-17)41-3)37-12-16-5-4-15(8-20(16)26(37)40)24-21(28)10-30-27(34-24)33-23-11-31-36(2)35-23/h4-11,14,22,38H,12-13H2,1-3H3,(H,32,39)(H,30,33,34,35)/t14-,22-/m1/s1. The highest BCUT2D eigenvalue weighted by molar-refractivity contribution is 6.33. The molecule has 1 aliphatic rings. The third kappa shape index (κ3) is 5.81. The third-order valence-electron chi connectivity index (χ3n) is 6.68. The van der Waals surface area contributed by atoms with Crippen LogP contribution in [0.2, 0.25) is 5.02 Å². The highest BCUT2D eigenvalue weighted by Crippen LogP contribution is 2.32. The summed E-state index contributed by atoms with van der Waals surface area (Å²) in [7, 11) is 3.07. The van der Waals surface area contributed by atoms with Crippen LogP contribution in [0.15, 0.2) is 48.8 Å². The lowest BCUT2D eigenvalue weighted by molar-refractivity contribution is -0.126. The molecule has 1 aliphatic heterocycles. The largest absolute Gasteiger partial charge is 0.497 e. The van der Waals surface area contributed by atoms with Crippen LogP contribution in [-0.4, -0.2) is 66.5 Å². The molecule has 12 nitrogen and oxygen atoms in total. The van der Waals surface area contributed by atoms with Gasteiger partial charge in [-0.2, -0.15) is 9.90 Å². The van der Waals surface area contributed by atoms with Crippen LogP contribution in [0.25, 0.3) is 11.3 Å². The molecule has 2 aromatic heterocycles. The predicted molar refractivity (Wildman–Crippen MR) is 147 cm³/mol. The zero-order chi connectivity index (χ0) is 29.3. The average molecular weight is 581 g/mol. The summed E-state index contributed by atoms with van der Waals surface area (Å²) in [6.45, 7) is 1.32. The molecular formula is C27H26ClFN8O4. The van der Waals surface area contributed by atoms with E-state index in [4.69, 9.17) is 16.3 Å². The number of nitrogens with one attached hydrogen (secondary N) is 2. The average Bonchev–Trinajstić information content (AvgIpc) is 3.53. The van der Waals surface area contributed by atoms with E-state index in [9.17, 15) is 19.1 Å². The number of carbonyl (C=O) groups excluding carboxylic acids is 2. The van der Waals surface area contributed by atoms with Crippen molar-refractivity contribution in [3.05, 3.63) is 76.3 Å². The Morgan fingerprint density at radius 2 is 2.05 bits per heavy atom. The molecule has 2 atom stereocenters. The van der Waals surface area contributed by atoms with Gasteiger partial charge >= 0.3 is 0 Å². The molecule has 0 radical (unpaired) electrons. The maximum absolute atomic E-state index is 14.0. The summed E-state index contributed by atoms with van der Waals surface area (Å²) in [5, 5.41) is 24.0. The third-order valence-corrected chi connectivity index (χ3v) is 6.95. The van der Waals surface area contributed by atoms with Crippen molar-refractivity contribution in [1.82, 2.24) is 35.2 Å². The van der Waals surface area contributed by atoms with Crippen molar-refractivity contribution in [3.63, 3.8) is 0 Å². The first kappa shape index (κ1) is 27.9. The summed E-state index contributed by atoms with van der Waals surface area (Å²) in [4.78, 5) is 38.0. The Bertz CT molecular complexity index is 1630. The normalized spacial score (nSPS) is 14.0. The molecule has 14 heteroatoms. The van der Waals surface area contributed by atoms with Gasteiger partial charge in [-0.3, -0.25) is 9.59 Å². The number of anilines is 2. The first-order valence-corrected chi connectivity index (χ1v) is 12.9. The minimum absolute atomic E-state index is 0.206. The van der Waals surface area contributed by atoms with E-state index in [-0.39, 0.29) is 29.2 Å². The highest BCUT2D eigenvalue weighted by atomic mass is 35.5. The van der Waals surface area contributed by atoms with Crippen LogP contribution in [0.5, 0.6) is 5.75 Å². The number of carbonyl (C=O) groups is 2. The van der Waals surface area contributed by atoms with Gasteiger partial charge in [-0.25, -0.2) is 14.4 Å². The van der Waals surface area contributed by atoms with Crippen molar-refractivity contribution in [2.45, 2.75) is 25.6 Å². The number of halogens is 2. The Kier molecular flexibility index (Phi) is 7.81. The molecular weight excluding hydrogens is 555 g/mol. The van der Waals surface area contributed by atoms with Crippen LogP contribution < -0.4 is 15.4 Å². The van der Waals surface area contributed by atoms with E-state index < -0.39 is 30.4 Å². The van der Waals surface area contributed by atoms with Gasteiger partial charge in [0.15, 0.2) is 5.82 Å². The first-order valence-electron chi connectivity index (χ1n) is 12.5.